The number of nitrogens with one attached hydrogen (secondary N) is 1. The number of carboxylic acid groups (broad SMARTS) is 1. The minimum absolute atomic E-state index is 0.0525. The number of carbonyl (C=O) groups is 1. The number of carboxylic acids is 1. The predicted molar refractivity (Wildman–Crippen MR) is 107 cm³/mol. The molecular weight excluding hydrogens is 436 g/mol. The maximum absolute atomic E-state index is 13.4. The maximum Gasteiger partial charge on any atom is 0.352 e. The third kappa shape index (κ3) is 4.91. The van der Waals surface area contributed by atoms with E-state index in [2.05, 4.69) is 9.97 Å². The molecule has 0 saturated heterocycles. The Labute approximate surface area is 176 Å². The van der Waals surface area contributed by atoms with E-state index in [1.165, 1.54) is 49.7 Å². The second kappa shape index (κ2) is 9.27. The number of halogens is 2. The molecule has 12 heteroatoms. The second-order valence-electron chi connectivity index (χ2n) is 6.33. The molecule has 31 heavy (non-hydrogen) atoms. The zero-order valence-corrected chi connectivity index (χ0v) is 17.1. The molecule has 9 nitrogen and oxygen atoms in total. The lowest BCUT2D eigenvalue weighted by Crippen LogP contribution is -2.36. The van der Waals surface area contributed by atoms with E-state index in [-0.39, 0.29) is 41.2 Å². The largest absolute Gasteiger partial charge is 0.491 e. The van der Waals surface area contributed by atoms with Crippen LogP contribution in [0.5, 0.6) is 5.75 Å². The first kappa shape index (κ1) is 22.4. The Morgan fingerprint density at radius 2 is 2.03 bits per heavy atom. The Morgan fingerprint density at radius 3 is 2.65 bits per heavy atom. The molecule has 2 heterocycles. The van der Waals surface area contributed by atoms with E-state index in [0.717, 1.165) is 0 Å². The monoisotopic (exact) mass is 455 g/mol. The van der Waals surface area contributed by atoms with E-state index < -0.39 is 34.0 Å². The van der Waals surface area contributed by atoms with Crippen molar-refractivity contribution in [2.45, 2.75) is 11.5 Å². The zero-order valence-electron chi connectivity index (χ0n) is 16.3. The summed E-state index contributed by atoms with van der Waals surface area (Å²) < 4.78 is 64.1. The highest BCUT2D eigenvalue weighted by molar-refractivity contribution is 7.92. The molecule has 0 aliphatic rings. The summed E-state index contributed by atoms with van der Waals surface area (Å²) in [6, 6.07) is 8.08. The Hall–Kier alpha value is -3.25. The number of rotatable bonds is 10. The van der Waals surface area contributed by atoms with Crippen LogP contribution in [0.1, 0.15) is 10.5 Å². The van der Waals surface area contributed by atoms with Gasteiger partial charge in [0.15, 0.2) is 5.03 Å². The smallest absolute Gasteiger partial charge is 0.352 e. The van der Waals surface area contributed by atoms with Crippen molar-refractivity contribution in [2.24, 2.45) is 0 Å². The molecular formula is C19H19F2N3O6S. The fourth-order valence-corrected chi connectivity index (χ4v) is 4.28. The number of pyridine rings is 1. The number of nitrogens with zero attached hydrogens (tertiary/aromatic N) is 2. The highest BCUT2D eigenvalue weighted by Gasteiger charge is 2.31. The number of aromatic carboxylic acids is 1. The highest BCUT2D eigenvalue weighted by atomic mass is 32.2. The number of ether oxygens (including phenoxy) is 2. The van der Waals surface area contributed by atoms with Gasteiger partial charge in [0.1, 0.15) is 18.1 Å². The third-order valence-electron chi connectivity index (χ3n) is 4.23. The van der Waals surface area contributed by atoms with Crippen LogP contribution in [0.2, 0.25) is 0 Å². The number of hydrogen-bond donors (Lipinski definition) is 2. The SMILES string of the molecule is COCCOc1cc(N(CC(F)F)S(=O)(=O)c2ccccn2)c2[nH]c(C(=O)O)cc2c1. The first-order valence-corrected chi connectivity index (χ1v) is 10.4. The second-order valence-corrected chi connectivity index (χ2v) is 8.14. The quantitative estimate of drug-likeness (QED) is 0.451. The molecule has 0 amide bonds. The van der Waals surface area contributed by atoms with Crippen LogP contribution in [0.15, 0.2) is 47.6 Å². The van der Waals surface area contributed by atoms with Gasteiger partial charge in [0, 0.05) is 24.8 Å². The summed E-state index contributed by atoms with van der Waals surface area (Å²) in [5, 5.41) is 9.15. The number of H-pyrrole nitrogens is 1. The third-order valence-corrected chi connectivity index (χ3v) is 5.93. The number of aromatic nitrogens is 2. The van der Waals surface area contributed by atoms with Crippen LogP contribution in [-0.4, -0.2) is 62.8 Å². The van der Waals surface area contributed by atoms with Gasteiger partial charge in [-0.15, -0.1) is 0 Å². The normalized spacial score (nSPS) is 11.7. The molecule has 166 valence electrons. The first-order valence-electron chi connectivity index (χ1n) is 8.97. The molecule has 3 rings (SSSR count). The van der Waals surface area contributed by atoms with E-state index in [1.807, 2.05) is 0 Å². The lowest BCUT2D eigenvalue weighted by atomic mass is 10.2. The molecule has 0 radical (unpaired) electrons. The van der Waals surface area contributed by atoms with Crippen LogP contribution >= 0.6 is 0 Å². The number of benzene rings is 1. The minimum Gasteiger partial charge on any atom is -0.491 e. The van der Waals surface area contributed by atoms with Crippen molar-refractivity contribution in [2.75, 3.05) is 31.2 Å². The van der Waals surface area contributed by atoms with Crippen molar-refractivity contribution in [1.29, 1.82) is 0 Å². The van der Waals surface area contributed by atoms with Gasteiger partial charge in [-0.1, -0.05) is 6.07 Å². The number of fused-ring (bicyclic) bond motifs is 1. The standard InChI is InChI=1S/C19H19F2N3O6S/c1-29-6-7-30-13-8-12-9-14(19(25)26)23-18(12)15(10-13)24(11-16(20)21)31(27,28)17-4-2-3-5-22-17/h2-5,8-10,16,23H,6-7,11H2,1H3,(H,25,26). The van der Waals surface area contributed by atoms with E-state index in [4.69, 9.17) is 9.47 Å². The van der Waals surface area contributed by atoms with Gasteiger partial charge in [0.25, 0.3) is 16.4 Å². The molecule has 2 aromatic heterocycles. The lowest BCUT2D eigenvalue weighted by Gasteiger charge is -2.25. The van der Waals surface area contributed by atoms with Crippen molar-refractivity contribution in [1.82, 2.24) is 9.97 Å². The summed E-state index contributed by atoms with van der Waals surface area (Å²) in [5.74, 6) is -1.14. The molecule has 3 aromatic rings. The number of sulfonamides is 1. The van der Waals surface area contributed by atoms with Crippen molar-refractivity contribution in [3.05, 3.63) is 48.3 Å². The van der Waals surface area contributed by atoms with Gasteiger partial charge in [-0.25, -0.2) is 18.6 Å². The number of alkyl halides is 2. The Bertz CT molecular complexity index is 1170. The summed E-state index contributed by atoms with van der Waals surface area (Å²) in [6.45, 7) is -0.829. The van der Waals surface area contributed by atoms with Crippen LogP contribution in [0.4, 0.5) is 14.5 Å². The Morgan fingerprint density at radius 1 is 1.26 bits per heavy atom. The maximum atomic E-state index is 13.4. The van der Waals surface area contributed by atoms with E-state index in [1.54, 1.807) is 0 Å². The molecule has 0 unspecified atom stereocenters. The van der Waals surface area contributed by atoms with Gasteiger partial charge in [0.2, 0.25) is 0 Å². The predicted octanol–water partition coefficient (Wildman–Crippen LogP) is 2.75. The van der Waals surface area contributed by atoms with Crippen LogP contribution in [0.3, 0.4) is 0 Å². The minimum atomic E-state index is -4.50. The number of aromatic amines is 1. The topological polar surface area (TPSA) is 122 Å². The molecule has 0 bridgehead atoms. The van der Waals surface area contributed by atoms with Crippen LogP contribution in [0.25, 0.3) is 10.9 Å². The van der Waals surface area contributed by atoms with E-state index in [9.17, 15) is 27.1 Å². The van der Waals surface area contributed by atoms with Gasteiger partial charge >= 0.3 is 5.97 Å². The van der Waals surface area contributed by atoms with Gasteiger partial charge in [-0.3, -0.25) is 4.31 Å². The Balaban J connectivity index is 2.21. The first-order chi connectivity index (χ1) is 14.7. The molecule has 0 saturated carbocycles. The summed E-state index contributed by atoms with van der Waals surface area (Å²) in [7, 11) is -3.03. The van der Waals surface area contributed by atoms with E-state index in [0.29, 0.717) is 4.31 Å². The van der Waals surface area contributed by atoms with E-state index >= 15 is 0 Å². The van der Waals surface area contributed by atoms with Crippen molar-refractivity contribution < 1.29 is 36.6 Å². The van der Waals surface area contributed by atoms with Crippen LogP contribution in [0, 0.1) is 0 Å². The van der Waals surface area contributed by atoms with Crippen molar-refractivity contribution in [3.8, 4) is 5.75 Å². The van der Waals surface area contributed by atoms with Crippen molar-refractivity contribution in [3.63, 3.8) is 0 Å². The number of hydrogen-bond acceptors (Lipinski definition) is 6. The summed E-state index contributed by atoms with van der Waals surface area (Å²) in [4.78, 5) is 17.8. The fraction of sp³-hybridized carbons (Fsp3) is 0.263. The van der Waals surface area contributed by atoms with Crippen molar-refractivity contribution >= 4 is 32.6 Å². The average Bonchev–Trinajstić information content (AvgIpc) is 3.17. The molecule has 2 N–H and O–H groups in total. The van der Waals surface area contributed by atoms with Gasteiger partial charge in [-0.05, 0) is 24.3 Å². The highest BCUT2D eigenvalue weighted by Crippen LogP contribution is 2.35. The molecule has 0 spiro atoms. The summed E-state index contributed by atoms with van der Waals surface area (Å²) >= 11 is 0. The molecule has 0 fully saturated rings. The van der Waals surface area contributed by atoms with Gasteiger partial charge < -0.3 is 19.6 Å². The lowest BCUT2D eigenvalue weighted by molar-refractivity contribution is 0.0691. The molecule has 1 aromatic carbocycles. The molecule has 0 aliphatic heterocycles. The zero-order chi connectivity index (χ0) is 22.6. The average molecular weight is 455 g/mol. The van der Waals surface area contributed by atoms with Crippen LogP contribution in [-0.2, 0) is 14.8 Å². The summed E-state index contributed by atoms with van der Waals surface area (Å²) in [6.07, 6.45) is -1.79. The van der Waals surface area contributed by atoms with Crippen LogP contribution < -0.4 is 9.04 Å². The molecule has 0 aliphatic carbocycles. The number of methoxy groups -OCH3 is 1. The summed E-state index contributed by atoms with van der Waals surface area (Å²) in [5.41, 5.74) is -0.377. The molecule has 0 atom stereocenters. The van der Waals surface area contributed by atoms with Gasteiger partial charge in [0.05, 0.1) is 24.4 Å². The Kier molecular flexibility index (Phi) is 6.71. The van der Waals surface area contributed by atoms with Gasteiger partial charge in [-0.2, -0.15) is 8.42 Å². The fourth-order valence-electron chi connectivity index (χ4n) is 2.90. The number of anilines is 1.